The van der Waals surface area contributed by atoms with Gasteiger partial charge in [-0.15, -0.1) is 0 Å². The Labute approximate surface area is 127 Å². The molecule has 104 valence electrons. The lowest BCUT2D eigenvalue weighted by molar-refractivity contribution is 1.18. The Hall–Kier alpha value is -3.14. The van der Waals surface area contributed by atoms with E-state index in [1.807, 2.05) is 48.5 Å². The van der Waals surface area contributed by atoms with E-state index in [1.165, 1.54) is 0 Å². The van der Waals surface area contributed by atoms with Gasteiger partial charge < -0.3 is 0 Å². The largest absolute Gasteiger partial charge is 0.256 e. The summed E-state index contributed by atoms with van der Waals surface area (Å²) < 4.78 is 0. The average Bonchev–Trinajstić information content (AvgIpc) is 2.62. The highest BCUT2D eigenvalue weighted by molar-refractivity contribution is 5.95. The van der Waals surface area contributed by atoms with Gasteiger partial charge in [0.1, 0.15) is 11.4 Å². The van der Waals surface area contributed by atoms with Gasteiger partial charge in [0.25, 0.3) is 0 Å². The monoisotopic (exact) mass is 284 g/mol. The predicted octanol–water partition coefficient (Wildman–Crippen LogP) is 3.75. The minimum absolute atomic E-state index is 0.765. The van der Waals surface area contributed by atoms with Gasteiger partial charge in [-0.2, -0.15) is 0 Å². The average molecular weight is 284 g/mol. The van der Waals surface area contributed by atoms with E-state index in [4.69, 9.17) is 0 Å². The zero-order valence-corrected chi connectivity index (χ0v) is 11.7. The number of hydrogen-bond acceptors (Lipinski definition) is 4. The minimum Gasteiger partial charge on any atom is -0.256 e. The topological polar surface area (TPSA) is 51.6 Å². The number of para-hydroxylation sites is 1. The van der Waals surface area contributed by atoms with Crippen molar-refractivity contribution < 1.29 is 0 Å². The Bertz CT molecular complexity index is 930. The van der Waals surface area contributed by atoms with Crippen LogP contribution in [-0.2, 0) is 0 Å². The van der Waals surface area contributed by atoms with Gasteiger partial charge in [-0.25, -0.2) is 0 Å². The third-order valence-electron chi connectivity index (χ3n) is 3.49. The standard InChI is InChI=1S/C18H12N4/c1-2-9-19-15(8-1)18-17(21-11-12-22-18)14-7-3-5-13-6-4-10-20-16(13)14/h1-12H. The molecule has 0 radical (unpaired) electrons. The smallest absolute Gasteiger partial charge is 0.115 e. The predicted molar refractivity (Wildman–Crippen MR) is 86.0 cm³/mol. The third kappa shape index (κ3) is 2.11. The quantitative estimate of drug-likeness (QED) is 0.562. The molecule has 1 aromatic carbocycles. The molecular weight excluding hydrogens is 272 g/mol. The molecular formula is C18H12N4. The second-order valence-corrected chi connectivity index (χ2v) is 4.85. The molecule has 3 aromatic heterocycles. The molecule has 0 saturated carbocycles. The van der Waals surface area contributed by atoms with E-state index in [9.17, 15) is 0 Å². The number of fused-ring (bicyclic) bond motifs is 1. The van der Waals surface area contributed by atoms with E-state index in [0.29, 0.717) is 0 Å². The Kier molecular flexibility index (Phi) is 3.05. The molecule has 0 saturated heterocycles. The molecule has 4 heteroatoms. The van der Waals surface area contributed by atoms with E-state index < -0.39 is 0 Å². The van der Waals surface area contributed by atoms with Crippen LogP contribution in [0, 0.1) is 0 Å². The summed E-state index contributed by atoms with van der Waals surface area (Å²) in [6, 6.07) is 15.8. The molecule has 0 N–H and O–H groups in total. The first-order valence-electron chi connectivity index (χ1n) is 7.00. The van der Waals surface area contributed by atoms with Crippen LogP contribution in [0.5, 0.6) is 0 Å². The first kappa shape index (κ1) is 12.6. The van der Waals surface area contributed by atoms with Crippen molar-refractivity contribution in [3.63, 3.8) is 0 Å². The van der Waals surface area contributed by atoms with Gasteiger partial charge in [0.05, 0.1) is 11.2 Å². The van der Waals surface area contributed by atoms with Crippen molar-refractivity contribution in [1.82, 2.24) is 19.9 Å². The first-order chi connectivity index (χ1) is 10.9. The molecule has 0 aliphatic heterocycles. The van der Waals surface area contributed by atoms with Gasteiger partial charge in [0, 0.05) is 35.7 Å². The third-order valence-corrected chi connectivity index (χ3v) is 3.49. The highest BCUT2D eigenvalue weighted by Crippen LogP contribution is 2.31. The van der Waals surface area contributed by atoms with Crippen LogP contribution in [0.3, 0.4) is 0 Å². The summed E-state index contributed by atoms with van der Waals surface area (Å²) in [7, 11) is 0. The fraction of sp³-hybridized carbons (Fsp3) is 0. The SMILES string of the molecule is c1ccc(-c2nccnc2-c2cccc3cccnc23)nc1. The zero-order chi connectivity index (χ0) is 14.8. The first-order valence-corrected chi connectivity index (χ1v) is 7.00. The van der Waals surface area contributed by atoms with Crippen LogP contribution < -0.4 is 0 Å². The van der Waals surface area contributed by atoms with Crippen LogP contribution in [-0.4, -0.2) is 19.9 Å². The van der Waals surface area contributed by atoms with E-state index in [2.05, 4.69) is 19.9 Å². The Morgan fingerprint density at radius 1 is 0.545 bits per heavy atom. The molecule has 22 heavy (non-hydrogen) atoms. The summed E-state index contributed by atoms with van der Waals surface area (Å²) in [6.07, 6.45) is 6.94. The van der Waals surface area contributed by atoms with Gasteiger partial charge in [-0.1, -0.05) is 30.3 Å². The van der Waals surface area contributed by atoms with Crippen molar-refractivity contribution in [2.24, 2.45) is 0 Å². The number of aromatic nitrogens is 4. The van der Waals surface area contributed by atoms with Crippen LogP contribution in [0.15, 0.2) is 73.3 Å². The molecule has 0 aliphatic carbocycles. The molecule has 0 unspecified atom stereocenters. The maximum absolute atomic E-state index is 4.53. The lowest BCUT2D eigenvalue weighted by Crippen LogP contribution is -1.95. The molecule has 0 spiro atoms. The molecule has 0 amide bonds. The molecule has 0 atom stereocenters. The summed E-state index contributed by atoms with van der Waals surface area (Å²) >= 11 is 0. The van der Waals surface area contributed by atoms with E-state index in [0.717, 1.165) is 33.5 Å². The Balaban J connectivity index is 2.01. The molecule has 4 aromatic rings. The fourth-order valence-electron chi connectivity index (χ4n) is 2.52. The summed E-state index contributed by atoms with van der Waals surface area (Å²) in [4.78, 5) is 17.9. The summed E-state index contributed by atoms with van der Waals surface area (Å²) in [5, 5.41) is 1.08. The van der Waals surface area contributed by atoms with Crippen molar-refractivity contribution in [3.05, 3.63) is 73.3 Å². The molecule has 0 bridgehead atoms. The van der Waals surface area contributed by atoms with Gasteiger partial charge in [-0.3, -0.25) is 19.9 Å². The highest BCUT2D eigenvalue weighted by atomic mass is 14.8. The Morgan fingerprint density at radius 2 is 1.36 bits per heavy atom. The van der Waals surface area contributed by atoms with Crippen molar-refractivity contribution >= 4 is 10.9 Å². The number of pyridine rings is 2. The fourth-order valence-corrected chi connectivity index (χ4v) is 2.52. The molecule has 4 nitrogen and oxygen atoms in total. The molecule has 3 heterocycles. The van der Waals surface area contributed by atoms with Crippen molar-refractivity contribution in [2.75, 3.05) is 0 Å². The number of nitrogens with zero attached hydrogens (tertiary/aromatic N) is 4. The highest BCUT2D eigenvalue weighted by Gasteiger charge is 2.13. The maximum atomic E-state index is 4.53. The van der Waals surface area contributed by atoms with Crippen molar-refractivity contribution in [2.45, 2.75) is 0 Å². The zero-order valence-electron chi connectivity index (χ0n) is 11.7. The summed E-state index contributed by atoms with van der Waals surface area (Å²) in [6.45, 7) is 0. The second kappa shape index (κ2) is 5.33. The van der Waals surface area contributed by atoms with Crippen molar-refractivity contribution in [3.8, 4) is 22.6 Å². The van der Waals surface area contributed by atoms with Crippen LogP contribution in [0.4, 0.5) is 0 Å². The lowest BCUT2D eigenvalue weighted by Gasteiger charge is -2.09. The lowest BCUT2D eigenvalue weighted by atomic mass is 10.0. The van der Waals surface area contributed by atoms with Gasteiger partial charge >= 0.3 is 0 Å². The minimum atomic E-state index is 0.765. The normalized spacial score (nSPS) is 10.7. The van der Waals surface area contributed by atoms with Gasteiger partial charge in [0.2, 0.25) is 0 Å². The maximum Gasteiger partial charge on any atom is 0.115 e. The molecule has 0 aliphatic rings. The second-order valence-electron chi connectivity index (χ2n) is 4.85. The van der Waals surface area contributed by atoms with E-state index >= 15 is 0 Å². The number of benzene rings is 1. The number of hydrogen-bond donors (Lipinski definition) is 0. The van der Waals surface area contributed by atoms with Crippen LogP contribution in [0.1, 0.15) is 0 Å². The Morgan fingerprint density at radius 3 is 2.23 bits per heavy atom. The van der Waals surface area contributed by atoms with E-state index in [1.54, 1.807) is 24.8 Å². The summed E-state index contributed by atoms with van der Waals surface area (Å²) in [5.74, 6) is 0. The van der Waals surface area contributed by atoms with Crippen molar-refractivity contribution in [1.29, 1.82) is 0 Å². The van der Waals surface area contributed by atoms with Gasteiger partial charge in [-0.05, 0) is 18.2 Å². The van der Waals surface area contributed by atoms with Crippen LogP contribution >= 0.6 is 0 Å². The molecule has 0 fully saturated rings. The van der Waals surface area contributed by atoms with E-state index in [-0.39, 0.29) is 0 Å². The molecule has 4 rings (SSSR count). The summed E-state index contributed by atoms with van der Waals surface area (Å²) in [5.41, 5.74) is 4.25. The van der Waals surface area contributed by atoms with Crippen LogP contribution in [0.25, 0.3) is 33.5 Å². The number of rotatable bonds is 2. The van der Waals surface area contributed by atoms with Crippen LogP contribution in [0.2, 0.25) is 0 Å². The van der Waals surface area contributed by atoms with Gasteiger partial charge in [0.15, 0.2) is 0 Å².